The van der Waals surface area contributed by atoms with Crippen LogP contribution in [0.25, 0.3) is 11.3 Å². The maximum absolute atomic E-state index is 13.2. The minimum Gasteiger partial charge on any atom is -0.395 e. The number of pyridine rings is 1. The highest BCUT2D eigenvalue weighted by Crippen LogP contribution is 2.36. The third-order valence-electron chi connectivity index (χ3n) is 3.57. The second-order valence-corrected chi connectivity index (χ2v) is 5.52. The highest BCUT2D eigenvalue weighted by atomic mass is 19.4. The van der Waals surface area contributed by atoms with Crippen molar-refractivity contribution in [2.75, 3.05) is 23.8 Å². The standard InChI is InChI=1S/C18H16F3N5O/c19-18(20,21)13-5-1-2-6-14(13)24-16-10-15(12-4-3-7-22-11-12)25-17(26-16)23-8-9-27/h1-7,10-11,27H,8-9H2,(H2,23,24,25,26). The third-order valence-corrected chi connectivity index (χ3v) is 3.57. The van der Waals surface area contributed by atoms with E-state index in [9.17, 15) is 13.2 Å². The topological polar surface area (TPSA) is 83.0 Å². The molecule has 0 bridgehead atoms. The molecule has 1 aromatic carbocycles. The zero-order valence-corrected chi connectivity index (χ0v) is 14.0. The molecule has 0 spiro atoms. The normalized spacial score (nSPS) is 11.3. The minimum absolute atomic E-state index is 0.117. The van der Waals surface area contributed by atoms with Gasteiger partial charge in [-0.15, -0.1) is 0 Å². The predicted molar refractivity (Wildman–Crippen MR) is 95.6 cm³/mol. The van der Waals surface area contributed by atoms with Crippen LogP contribution in [-0.4, -0.2) is 33.2 Å². The molecule has 0 aliphatic heterocycles. The van der Waals surface area contributed by atoms with Gasteiger partial charge < -0.3 is 15.7 Å². The van der Waals surface area contributed by atoms with Crippen LogP contribution in [0, 0.1) is 0 Å². The van der Waals surface area contributed by atoms with Crippen molar-refractivity contribution in [3.05, 3.63) is 60.4 Å². The van der Waals surface area contributed by atoms with E-state index >= 15 is 0 Å². The smallest absolute Gasteiger partial charge is 0.395 e. The van der Waals surface area contributed by atoms with E-state index in [0.717, 1.165) is 6.07 Å². The lowest BCUT2D eigenvalue weighted by atomic mass is 10.1. The number of halogens is 3. The van der Waals surface area contributed by atoms with Gasteiger partial charge >= 0.3 is 6.18 Å². The van der Waals surface area contributed by atoms with Crippen LogP contribution >= 0.6 is 0 Å². The van der Waals surface area contributed by atoms with Crippen LogP contribution in [-0.2, 0) is 6.18 Å². The summed E-state index contributed by atoms with van der Waals surface area (Å²) in [7, 11) is 0. The van der Waals surface area contributed by atoms with Crippen molar-refractivity contribution < 1.29 is 18.3 Å². The summed E-state index contributed by atoms with van der Waals surface area (Å²) in [6.45, 7) is 0.0647. The molecule has 2 aromatic heterocycles. The van der Waals surface area contributed by atoms with Crippen LogP contribution < -0.4 is 10.6 Å². The van der Waals surface area contributed by atoms with E-state index in [0.29, 0.717) is 11.3 Å². The molecule has 27 heavy (non-hydrogen) atoms. The van der Waals surface area contributed by atoms with Gasteiger partial charge in [0.15, 0.2) is 0 Å². The van der Waals surface area contributed by atoms with Gasteiger partial charge in [-0.05, 0) is 24.3 Å². The van der Waals surface area contributed by atoms with E-state index < -0.39 is 11.7 Å². The summed E-state index contributed by atoms with van der Waals surface area (Å²) in [6, 6.07) is 10.2. The molecule has 0 radical (unpaired) electrons. The Morgan fingerprint density at radius 2 is 1.85 bits per heavy atom. The fourth-order valence-electron chi connectivity index (χ4n) is 2.40. The number of benzene rings is 1. The number of nitrogens with zero attached hydrogens (tertiary/aromatic N) is 3. The number of rotatable bonds is 6. The largest absolute Gasteiger partial charge is 0.418 e. The van der Waals surface area contributed by atoms with Crippen molar-refractivity contribution >= 4 is 17.5 Å². The molecule has 0 saturated heterocycles. The second-order valence-electron chi connectivity index (χ2n) is 5.52. The Bertz CT molecular complexity index is 903. The lowest BCUT2D eigenvalue weighted by Gasteiger charge is -2.15. The molecular weight excluding hydrogens is 359 g/mol. The molecule has 3 aromatic rings. The fraction of sp³-hybridized carbons (Fsp3) is 0.167. The Balaban J connectivity index is 2.00. The minimum atomic E-state index is -4.50. The molecule has 9 heteroatoms. The van der Waals surface area contributed by atoms with Crippen molar-refractivity contribution in [3.8, 4) is 11.3 Å². The van der Waals surface area contributed by atoms with Gasteiger partial charge in [-0.1, -0.05) is 12.1 Å². The monoisotopic (exact) mass is 375 g/mol. The first kappa shape index (κ1) is 18.6. The van der Waals surface area contributed by atoms with Crippen molar-refractivity contribution in [1.29, 1.82) is 0 Å². The van der Waals surface area contributed by atoms with Crippen LogP contribution in [0.4, 0.5) is 30.6 Å². The van der Waals surface area contributed by atoms with Gasteiger partial charge in [-0.25, -0.2) is 4.98 Å². The Labute approximate surface area is 153 Å². The van der Waals surface area contributed by atoms with E-state index in [1.165, 1.54) is 24.3 Å². The molecule has 0 fully saturated rings. The summed E-state index contributed by atoms with van der Waals surface area (Å²) >= 11 is 0. The number of anilines is 3. The molecule has 3 N–H and O–H groups in total. The number of nitrogens with one attached hydrogen (secondary N) is 2. The number of aliphatic hydroxyl groups excluding tert-OH is 1. The molecule has 0 amide bonds. The summed E-state index contributed by atoms with van der Waals surface area (Å²) in [6.07, 6.45) is -1.30. The maximum Gasteiger partial charge on any atom is 0.418 e. The van der Waals surface area contributed by atoms with Gasteiger partial charge in [0.05, 0.1) is 23.6 Å². The molecule has 0 unspecified atom stereocenters. The Kier molecular flexibility index (Phi) is 5.51. The lowest BCUT2D eigenvalue weighted by molar-refractivity contribution is -0.136. The van der Waals surface area contributed by atoms with Gasteiger partial charge in [0.25, 0.3) is 0 Å². The number of para-hydroxylation sites is 1. The first-order valence-corrected chi connectivity index (χ1v) is 8.05. The number of aromatic nitrogens is 3. The Morgan fingerprint density at radius 3 is 2.56 bits per heavy atom. The van der Waals surface area contributed by atoms with Gasteiger partial charge in [0.1, 0.15) is 5.82 Å². The summed E-state index contributed by atoms with van der Waals surface area (Å²) in [4.78, 5) is 12.5. The van der Waals surface area contributed by atoms with Gasteiger partial charge in [0.2, 0.25) is 5.95 Å². The Hall–Kier alpha value is -3.20. The van der Waals surface area contributed by atoms with Crippen molar-refractivity contribution in [2.24, 2.45) is 0 Å². The molecule has 0 aliphatic rings. The highest BCUT2D eigenvalue weighted by molar-refractivity contribution is 5.68. The second kappa shape index (κ2) is 8.00. The van der Waals surface area contributed by atoms with Crippen LogP contribution in [0.1, 0.15) is 5.56 Å². The SMILES string of the molecule is OCCNc1nc(Nc2ccccc2C(F)(F)F)cc(-c2cccnc2)n1. The van der Waals surface area contributed by atoms with Crippen molar-refractivity contribution in [2.45, 2.75) is 6.18 Å². The summed E-state index contributed by atoms with van der Waals surface area (Å²) in [5, 5.41) is 14.5. The van der Waals surface area contributed by atoms with Gasteiger partial charge in [-0.2, -0.15) is 18.2 Å². The average molecular weight is 375 g/mol. The summed E-state index contributed by atoms with van der Waals surface area (Å²) in [5.74, 6) is 0.360. The van der Waals surface area contributed by atoms with Gasteiger partial charge in [-0.3, -0.25) is 4.98 Å². The van der Waals surface area contributed by atoms with E-state index in [1.807, 2.05) is 0 Å². The number of hydrogen-bond donors (Lipinski definition) is 3. The first-order valence-electron chi connectivity index (χ1n) is 8.05. The molecule has 0 aliphatic carbocycles. The zero-order chi connectivity index (χ0) is 19.3. The number of alkyl halides is 3. The molecule has 0 atom stereocenters. The molecular formula is C18H16F3N5O. The fourth-order valence-corrected chi connectivity index (χ4v) is 2.40. The molecule has 6 nitrogen and oxygen atoms in total. The molecule has 0 saturated carbocycles. The highest BCUT2D eigenvalue weighted by Gasteiger charge is 2.33. The molecule has 3 rings (SSSR count). The first-order chi connectivity index (χ1) is 13.0. The number of hydrogen-bond acceptors (Lipinski definition) is 6. The molecule has 140 valence electrons. The van der Waals surface area contributed by atoms with Crippen LogP contribution in [0.3, 0.4) is 0 Å². The quantitative estimate of drug-likeness (QED) is 0.609. The lowest BCUT2D eigenvalue weighted by Crippen LogP contribution is -2.12. The van der Waals surface area contributed by atoms with E-state index in [1.54, 1.807) is 24.5 Å². The van der Waals surface area contributed by atoms with Crippen LogP contribution in [0.15, 0.2) is 54.9 Å². The van der Waals surface area contributed by atoms with E-state index in [-0.39, 0.29) is 30.6 Å². The van der Waals surface area contributed by atoms with Crippen LogP contribution in [0.2, 0.25) is 0 Å². The predicted octanol–water partition coefficient (Wildman–Crippen LogP) is 3.71. The molecule has 2 heterocycles. The Morgan fingerprint density at radius 1 is 1.04 bits per heavy atom. The zero-order valence-electron chi connectivity index (χ0n) is 14.0. The third kappa shape index (κ3) is 4.70. The maximum atomic E-state index is 13.2. The van der Waals surface area contributed by atoms with Gasteiger partial charge in [0, 0.05) is 30.6 Å². The van der Waals surface area contributed by atoms with Crippen molar-refractivity contribution in [3.63, 3.8) is 0 Å². The number of aliphatic hydroxyl groups is 1. The summed E-state index contributed by atoms with van der Waals surface area (Å²) < 4.78 is 39.7. The van der Waals surface area contributed by atoms with Crippen molar-refractivity contribution in [1.82, 2.24) is 15.0 Å². The van der Waals surface area contributed by atoms with Crippen LogP contribution in [0.5, 0.6) is 0 Å². The van der Waals surface area contributed by atoms with E-state index in [4.69, 9.17) is 5.11 Å². The average Bonchev–Trinajstić information content (AvgIpc) is 2.66. The van der Waals surface area contributed by atoms with E-state index in [2.05, 4.69) is 25.6 Å². The summed E-state index contributed by atoms with van der Waals surface area (Å²) in [5.41, 5.74) is 0.245.